The summed E-state index contributed by atoms with van der Waals surface area (Å²) in [6.07, 6.45) is 2.24. The summed E-state index contributed by atoms with van der Waals surface area (Å²) in [6, 6.07) is 3.71. The van der Waals surface area contributed by atoms with Gasteiger partial charge in [-0.05, 0) is 26.0 Å². The van der Waals surface area contributed by atoms with Crippen LogP contribution in [0.3, 0.4) is 0 Å². The molecule has 0 unspecified atom stereocenters. The first-order valence-corrected chi connectivity index (χ1v) is 7.38. The van der Waals surface area contributed by atoms with Crippen LogP contribution in [0, 0.1) is 0 Å². The van der Waals surface area contributed by atoms with Crippen molar-refractivity contribution in [3.05, 3.63) is 18.3 Å². The normalized spacial score (nSPS) is 15.1. The lowest BCUT2D eigenvalue weighted by Crippen LogP contribution is -2.41. The van der Waals surface area contributed by atoms with Crippen LogP contribution in [0.15, 0.2) is 18.3 Å². The SMILES string of the molecule is CC(C)Oc1cccnc1NCCC(=O)N1CCOCC1. The van der Waals surface area contributed by atoms with Crippen molar-refractivity contribution in [3.63, 3.8) is 0 Å². The number of hydrogen-bond donors (Lipinski definition) is 1. The molecule has 21 heavy (non-hydrogen) atoms. The molecule has 0 spiro atoms. The highest BCUT2D eigenvalue weighted by molar-refractivity contribution is 5.76. The maximum absolute atomic E-state index is 12.0. The van der Waals surface area contributed by atoms with Crippen LogP contribution in [0.5, 0.6) is 5.75 Å². The molecule has 1 amide bonds. The number of carbonyl (C=O) groups excluding carboxylic acids is 1. The van der Waals surface area contributed by atoms with E-state index in [0.717, 1.165) is 0 Å². The molecule has 2 heterocycles. The maximum Gasteiger partial charge on any atom is 0.224 e. The maximum atomic E-state index is 12.0. The van der Waals surface area contributed by atoms with Crippen LogP contribution in [-0.4, -0.2) is 54.7 Å². The molecule has 0 aliphatic carbocycles. The molecule has 1 aromatic rings. The van der Waals surface area contributed by atoms with Gasteiger partial charge in [0.05, 0.1) is 19.3 Å². The Balaban J connectivity index is 1.81. The Morgan fingerprint density at radius 2 is 2.24 bits per heavy atom. The summed E-state index contributed by atoms with van der Waals surface area (Å²) in [5.41, 5.74) is 0. The van der Waals surface area contributed by atoms with Crippen molar-refractivity contribution in [2.45, 2.75) is 26.4 Å². The second kappa shape index (κ2) is 7.83. The Labute approximate surface area is 125 Å². The summed E-state index contributed by atoms with van der Waals surface area (Å²) in [5.74, 6) is 1.54. The molecule has 1 aliphatic rings. The first-order valence-electron chi connectivity index (χ1n) is 7.38. The number of amides is 1. The van der Waals surface area contributed by atoms with E-state index in [2.05, 4.69) is 10.3 Å². The van der Waals surface area contributed by atoms with Crippen LogP contribution in [0.4, 0.5) is 5.82 Å². The number of morpholine rings is 1. The molecule has 0 saturated carbocycles. The number of pyridine rings is 1. The highest BCUT2D eigenvalue weighted by atomic mass is 16.5. The molecule has 1 aliphatic heterocycles. The van der Waals surface area contributed by atoms with Crippen molar-refractivity contribution in [1.29, 1.82) is 0 Å². The van der Waals surface area contributed by atoms with Gasteiger partial charge in [0.1, 0.15) is 0 Å². The van der Waals surface area contributed by atoms with Crippen molar-refractivity contribution in [2.75, 3.05) is 38.2 Å². The number of nitrogens with zero attached hydrogens (tertiary/aromatic N) is 2. The molecule has 116 valence electrons. The number of hydrogen-bond acceptors (Lipinski definition) is 5. The molecule has 1 fully saturated rings. The van der Waals surface area contributed by atoms with E-state index in [4.69, 9.17) is 9.47 Å². The van der Waals surface area contributed by atoms with Gasteiger partial charge in [-0.2, -0.15) is 0 Å². The van der Waals surface area contributed by atoms with Crippen LogP contribution in [0.25, 0.3) is 0 Å². The van der Waals surface area contributed by atoms with Gasteiger partial charge < -0.3 is 19.7 Å². The summed E-state index contributed by atoms with van der Waals surface area (Å²) >= 11 is 0. The van der Waals surface area contributed by atoms with Gasteiger partial charge in [0, 0.05) is 32.3 Å². The van der Waals surface area contributed by atoms with E-state index in [1.165, 1.54) is 0 Å². The second-order valence-electron chi connectivity index (χ2n) is 5.19. The molecule has 0 radical (unpaired) electrons. The van der Waals surface area contributed by atoms with E-state index in [9.17, 15) is 4.79 Å². The topological polar surface area (TPSA) is 63.7 Å². The van der Waals surface area contributed by atoms with Gasteiger partial charge in [0.15, 0.2) is 11.6 Å². The third-order valence-electron chi connectivity index (χ3n) is 3.13. The highest BCUT2D eigenvalue weighted by Crippen LogP contribution is 2.21. The zero-order chi connectivity index (χ0) is 15.1. The smallest absolute Gasteiger partial charge is 0.224 e. The number of anilines is 1. The fraction of sp³-hybridized carbons (Fsp3) is 0.600. The van der Waals surface area contributed by atoms with Gasteiger partial charge in [0.25, 0.3) is 0 Å². The van der Waals surface area contributed by atoms with Gasteiger partial charge in [-0.3, -0.25) is 4.79 Å². The van der Waals surface area contributed by atoms with E-state index >= 15 is 0 Å². The number of aromatic nitrogens is 1. The van der Waals surface area contributed by atoms with Gasteiger partial charge in [-0.25, -0.2) is 4.98 Å². The van der Waals surface area contributed by atoms with Crippen molar-refractivity contribution >= 4 is 11.7 Å². The predicted octanol–water partition coefficient (Wildman–Crippen LogP) is 1.53. The minimum atomic E-state index is 0.0877. The van der Waals surface area contributed by atoms with Gasteiger partial charge >= 0.3 is 0 Å². The van der Waals surface area contributed by atoms with E-state index in [-0.39, 0.29) is 12.0 Å². The number of rotatable bonds is 6. The Bertz CT molecular complexity index is 459. The molecule has 1 N–H and O–H groups in total. The minimum Gasteiger partial charge on any atom is -0.487 e. The van der Waals surface area contributed by atoms with Gasteiger partial charge in [-0.15, -0.1) is 0 Å². The molecule has 0 aromatic carbocycles. The molecular formula is C15H23N3O3. The molecule has 0 bridgehead atoms. The number of ether oxygens (including phenoxy) is 2. The third kappa shape index (κ3) is 4.90. The second-order valence-corrected chi connectivity index (χ2v) is 5.19. The van der Waals surface area contributed by atoms with Gasteiger partial charge in [-0.1, -0.05) is 0 Å². The molecule has 6 nitrogen and oxygen atoms in total. The summed E-state index contributed by atoms with van der Waals surface area (Å²) in [5, 5.41) is 3.17. The third-order valence-corrected chi connectivity index (χ3v) is 3.13. The molecular weight excluding hydrogens is 270 g/mol. The van der Waals surface area contributed by atoms with E-state index < -0.39 is 0 Å². The zero-order valence-electron chi connectivity index (χ0n) is 12.7. The lowest BCUT2D eigenvalue weighted by atomic mass is 10.3. The summed E-state index contributed by atoms with van der Waals surface area (Å²) < 4.78 is 10.9. The van der Waals surface area contributed by atoms with Crippen LogP contribution in [0.1, 0.15) is 20.3 Å². The van der Waals surface area contributed by atoms with Gasteiger partial charge in [0.2, 0.25) is 5.91 Å². The lowest BCUT2D eigenvalue weighted by Gasteiger charge is -2.27. The van der Waals surface area contributed by atoms with Crippen LogP contribution >= 0.6 is 0 Å². The molecule has 1 saturated heterocycles. The first kappa shape index (κ1) is 15.6. The summed E-state index contributed by atoms with van der Waals surface area (Å²) in [6.45, 7) is 7.12. The van der Waals surface area contributed by atoms with Crippen molar-refractivity contribution < 1.29 is 14.3 Å². The number of carbonyl (C=O) groups is 1. The van der Waals surface area contributed by atoms with E-state index in [1.54, 1.807) is 6.20 Å². The first-order chi connectivity index (χ1) is 10.2. The fourth-order valence-electron chi connectivity index (χ4n) is 2.13. The fourth-order valence-corrected chi connectivity index (χ4v) is 2.13. The predicted molar refractivity (Wildman–Crippen MR) is 80.5 cm³/mol. The largest absolute Gasteiger partial charge is 0.487 e. The zero-order valence-corrected chi connectivity index (χ0v) is 12.7. The average Bonchev–Trinajstić information content (AvgIpc) is 2.49. The Morgan fingerprint density at radius 1 is 1.48 bits per heavy atom. The molecule has 6 heteroatoms. The van der Waals surface area contributed by atoms with Crippen molar-refractivity contribution in [3.8, 4) is 5.75 Å². The summed E-state index contributed by atoms with van der Waals surface area (Å²) in [7, 11) is 0. The lowest BCUT2D eigenvalue weighted by molar-refractivity contribution is -0.134. The Hall–Kier alpha value is -1.82. The van der Waals surface area contributed by atoms with Crippen LogP contribution in [-0.2, 0) is 9.53 Å². The Morgan fingerprint density at radius 3 is 2.95 bits per heavy atom. The Kier molecular flexibility index (Phi) is 5.80. The van der Waals surface area contributed by atoms with Crippen LogP contribution < -0.4 is 10.1 Å². The van der Waals surface area contributed by atoms with Crippen molar-refractivity contribution in [2.24, 2.45) is 0 Å². The minimum absolute atomic E-state index is 0.0877. The van der Waals surface area contributed by atoms with E-state index in [0.29, 0.717) is 50.8 Å². The van der Waals surface area contributed by atoms with Crippen molar-refractivity contribution in [1.82, 2.24) is 9.88 Å². The monoisotopic (exact) mass is 293 g/mol. The molecule has 1 aromatic heterocycles. The highest BCUT2D eigenvalue weighted by Gasteiger charge is 2.16. The standard InChI is InChI=1S/C15H23N3O3/c1-12(2)21-13-4-3-6-16-15(13)17-7-5-14(19)18-8-10-20-11-9-18/h3-4,6,12H,5,7-11H2,1-2H3,(H,16,17). The average molecular weight is 293 g/mol. The summed E-state index contributed by atoms with van der Waals surface area (Å²) in [4.78, 5) is 18.1. The number of nitrogens with one attached hydrogen (secondary N) is 1. The quantitative estimate of drug-likeness (QED) is 0.862. The van der Waals surface area contributed by atoms with Crippen LogP contribution in [0.2, 0.25) is 0 Å². The molecule has 2 rings (SSSR count). The van der Waals surface area contributed by atoms with E-state index in [1.807, 2.05) is 30.9 Å². The molecule has 0 atom stereocenters.